The van der Waals surface area contributed by atoms with Crippen molar-refractivity contribution < 1.29 is 22.3 Å². The molecule has 1 heterocycles. The maximum absolute atomic E-state index is 13.3. The molecule has 0 N–H and O–H groups in total. The number of benzene rings is 1. The van der Waals surface area contributed by atoms with E-state index in [9.17, 15) is 17.6 Å². The fourth-order valence-electron chi connectivity index (χ4n) is 1.49. The zero-order valence-electron chi connectivity index (χ0n) is 10.1. The van der Waals surface area contributed by atoms with Gasteiger partial charge in [0.15, 0.2) is 0 Å². The number of hydrogen-bond donors (Lipinski definition) is 0. The highest BCUT2D eigenvalue weighted by Crippen LogP contribution is 2.23. The average molecular weight is 283 g/mol. The molecule has 0 saturated carbocycles. The first-order valence-corrected chi connectivity index (χ1v) is 5.57. The van der Waals surface area contributed by atoms with E-state index in [2.05, 4.69) is 9.72 Å². The highest BCUT2D eigenvalue weighted by atomic mass is 19.4. The predicted molar refractivity (Wildman–Crippen MR) is 66.2 cm³/mol. The van der Waals surface area contributed by atoms with Gasteiger partial charge in [0.25, 0.3) is 0 Å². The molecule has 0 radical (unpaired) electrons. The lowest BCUT2D eigenvalue weighted by Gasteiger charge is -2.08. The second-order valence-corrected chi connectivity index (χ2v) is 3.85. The van der Waals surface area contributed by atoms with Gasteiger partial charge in [0.05, 0.1) is 6.20 Å². The topological polar surface area (TPSA) is 22.1 Å². The Bertz CT molecular complexity index is 605. The summed E-state index contributed by atoms with van der Waals surface area (Å²) in [5.41, 5.74) is 0.964. The van der Waals surface area contributed by atoms with E-state index in [4.69, 9.17) is 0 Å². The number of hydrogen-bond acceptors (Lipinski definition) is 2. The van der Waals surface area contributed by atoms with Gasteiger partial charge in [0.1, 0.15) is 11.6 Å². The van der Waals surface area contributed by atoms with E-state index in [1.807, 2.05) is 0 Å². The monoisotopic (exact) mass is 283 g/mol. The van der Waals surface area contributed by atoms with E-state index >= 15 is 0 Å². The SMILES string of the molecule is Fc1cnccc1/C=C/c1ccc(OC(F)(F)F)cc1. The Hall–Kier alpha value is -2.37. The number of ether oxygens (including phenoxy) is 1. The number of pyridine rings is 1. The first-order chi connectivity index (χ1) is 9.44. The number of halogens is 4. The zero-order valence-corrected chi connectivity index (χ0v) is 10.1. The molecule has 0 amide bonds. The molecular formula is C14H9F4NO. The molecule has 1 aromatic heterocycles. The standard InChI is InChI=1S/C14H9F4NO/c15-13-9-19-8-7-11(13)4-1-10-2-5-12(6-3-10)20-14(16,17)18/h1-9H/b4-1+. The third-order valence-electron chi connectivity index (χ3n) is 2.37. The van der Waals surface area contributed by atoms with Crippen LogP contribution in [0, 0.1) is 5.82 Å². The highest BCUT2D eigenvalue weighted by molar-refractivity contribution is 5.69. The van der Waals surface area contributed by atoms with Gasteiger partial charge in [0.2, 0.25) is 0 Å². The largest absolute Gasteiger partial charge is 0.573 e. The number of nitrogens with zero attached hydrogens (tertiary/aromatic N) is 1. The van der Waals surface area contributed by atoms with Gasteiger partial charge in [-0.05, 0) is 23.8 Å². The molecular weight excluding hydrogens is 274 g/mol. The molecule has 0 aliphatic carbocycles. The summed E-state index contributed by atoms with van der Waals surface area (Å²) in [6.07, 6.45) is 0.910. The van der Waals surface area contributed by atoms with Crippen LogP contribution in [-0.2, 0) is 0 Å². The smallest absolute Gasteiger partial charge is 0.406 e. The Balaban J connectivity index is 2.10. The van der Waals surface area contributed by atoms with Crippen molar-refractivity contribution in [2.24, 2.45) is 0 Å². The quantitative estimate of drug-likeness (QED) is 0.784. The fraction of sp³-hybridized carbons (Fsp3) is 0.0714. The summed E-state index contributed by atoms with van der Waals surface area (Å²) >= 11 is 0. The Morgan fingerprint density at radius 3 is 2.30 bits per heavy atom. The van der Waals surface area contributed by atoms with Gasteiger partial charge in [0, 0.05) is 11.8 Å². The highest BCUT2D eigenvalue weighted by Gasteiger charge is 2.30. The summed E-state index contributed by atoms with van der Waals surface area (Å²) in [5, 5.41) is 0. The minimum atomic E-state index is -4.71. The van der Waals surface area contributed by atoms with Crippen LogP contribution in [0.15, 0.2) is 42.7 Å². The van der Waals surface area contributed by atoms with Crippen LogP contribution in [0.25, 0.3) is 12.2 Å². The van der Waals surface area contributed by atoms with Gasteiger partial charge in [-0.25, -0.2) is 4.39 Å². The van der Waals surface area contributed by atoms with Crippen molar-refractivity contribution in [2.45, 2.75) is 6.36 Å². The van der Waals surface area contributed by atoms with E-state index in [1.165, 1.54) is 42.6 Å². The van der Waals surface area contributed by atoms with Gasteiger partial charge in [-0.15, -0.1) is 13.2 Å². The van der Waals surface area contributed by atoms with Crippen molar-refractivity contribution >= 4 is 12.2 Å². The molecule has 0 atom stereocenters. The van der Waals surface area contributed by atoms with Crippen molar-refractivity contribution in [3.8, 4) is 5.75 Å². The van der Waals surface area contributed by atoms with Gasteiger partial charge in [-0.2, -0.15) is 0 Å². The van der Waals surface area contributed by atoms with Crippen LogP contribution in [0.5, 0.6) is 5.75 Å². The molecule has 0 unspecified atom stereocenters. The number of aromatic nitrogens is 1. The lowest BCUT2D eigenvalue weighted by Crippen LogP contribution is -2.16. The van der Waals surface area contributed by atoms with Crippen LogP contribution >= 0.6 is 0 Å². The predicted octanol–water partition coefficient (Wildman–Crippen LogP) is 4.29. The number of alkyl halides is 3. The molecule has 2 nitrogen and oxygen atoms in total. The maximum atomic E-state index is 13.3. The molecule has 20 heavy (non-hydrogen) atoms. The fourth-order valence-corrected chi connectivity index (χ4v) is 1.49. The molecule has 2 rings (SSSR count). The summed E-state index contributed by atoms with van der Waals surface area (Å²) in [4.78, 5) is 3.61. The molecule has 1 aromatic carbocycles. The molecule has 0 fully saturated rings. The van der Waals surface area contributed by atoms with Gasteiger partial charge < -0.3 is 4.74 Å². The van der Waals surface area contributed by atoms with Crippen molar-refractivity contribution in [3.63, 3.8) is 0 Å². The van der Waals surface area contributed by atoms with E-state index in [1.54, 1.807) is 6.08 Å². The molecule has 0 bridgehead atoms. The minimum absolute atomic E-state index is 0.301. The first-order valence-electron chi connectivity index (χ1n) is 5.57. The van der Waals surface area contributed by atoms with Gasteiger partial charge >= 0.3 is 6.36 Å². The summed E-state index contributed by atoms with van der Waals surface area (Å²) < 4.78 is 52.9. The zero-order chi connectivity index (χ0) is 14.6. The molecule has 0 spiro atoms. The van der Waals surface area contributed by atoms with Crippen LogP contribution < -0.4 is 4.74 Å². The van der Waals surface area contributed by atoms with Crippen LogP contribution in [0.3, 0.4) is 0 Å². The lowest BCUT2D eigenvalue weighted by atomic mass is 10.1. The third kappa shape index (κ3) is 4.08. The van der Waals surface area contributed by atoms with Crippen molar-refractivity contribution in [2.75, 3.05) is 0 Å². The van der Waals surface area contributed by atoms with Crippen molar-refractivity contribution in [1.29, 1.82) is 0 Å². The molecule has 2 aromatic rings. The maximum Gasteiger partial charge on any atom is 0.573 e. The van der Waals surface area contributed by atoms with E-state index < -0.39 is 12.2 Å². The first kappa shape index (κ1) is 14.0. The Morgan fingerprint density at radius 1 is 1.00 bits per heavy atom. The molecule has 0 saturated heterocycles. The molecule has 0 aliphatic rings. The van der Waals surface area contributed by atoms with E-state index in [0.717, 1.165) is 6.20 Å². The normalized spacial score (nSPS) is 11.8. The average Bonchev–Trinajstić information content (AvgIpc) is 2.38. The molecule has 0 aliphatic heterocycles. The Kier molecular flexibility index (Phi) is 4.02. The summed E-state index contributed by atoms with van der Waals surface area (Å²) in [5.74, 6) is -0.773. The second kappa shape index (κ2) is 5.73. The lowest BCUT2D eigenvalue weighted by molar-refractivity contribution is -0.274. The van der Waals surface area contributed by atoms with Crippen molar-refractivity contribution in [3.05, 3.63) is 59.7 Å². The molecule has 6 heteroatoms. The molecule has 104 valence electrons. The van der Waals surface area contributed by atoms with E-state index in [-0.39, 0.29) is 5.75 Å². The van der Waals surface area contributed by atoms with Crippen LogP contribution in [-0.4, -0.2) is 11.3 Å². The Morgan fingerprint density at radius 2 is 1.70 bits per heavy atom. The minimum Gasteiger partial charge on any atom is -0.406 e. The van der Waals surface area contributed by atoms with Gasteiger partial charge in [-0.1, -0.05) is 24.3 Å². The van der Waals surface area contributed by atoms with Crippen LogP contribution in [0.1, 0.15) is 11.1 Å². The van der Waals surface area contributed by atoms with Crippen molar-refractivity contribution in [1.82, 2.24) is 4.98 Å². The van der Waals surface area contributed by atoms with Crippen LogP contribution in [0.4, 0.5) is 17.6 Å². The Labute approximate surface area is 112 Å². The summed E-state index contributed by atoms with van der Waals surface area (Å²) in [6, 6.07) is 6.76. The van der Waals surface area contributed by atoms with E-state index in [0.29, 0.717) is 11.1 Å². The summed E-state index contributed by atoms with van der Waals surface area (Å²) in [7, 11) is 0. The van der Waals surface area contributed by atoms with Crippen LogP contribution in [0.2, 0.25) is 0 Å². The summed E-state index contributed by atoms with van der Waals surface area (Å²) in [6.45, 7) is 0. The number of rotatable bonds is 3. The van der Waals surface area contributed by atoms with Gasteiger partial charge in [-0.3, -0.25) is 4.98 Å². The third-order valence-corrected chi connectivity index (χ3v) is 2.37. The second-order valence-electron chi connectivity index (χ2n) is 3.85.